The molecule has 7 heteroatoms. The van der Waals surface area contributed by atoms with Crippen molar-refractivity contribution in [2.24, 2.45) is 11.8 Å². The van der Waals surface area contributed by atoms with Crippen LogP contribution in [0.4, 0.5) is 14.5 Å². The lowest BCUT2D eigenvalue weighted by Gasteiger charge is -2.46. The molecule has 2 saturated heterocycles. The van der Waals surface area contributed by atoms with E-state index in [0.717, 1.165) is 45.0 Å². The van der Waals surface area contributed by atoms with E-state index in [1.807, 2.05) is 0 Å². The molecular formula is C30H37F2N3O2. The second-order valence-corrected chi connectivity index (χ2v) is 11.2. The number of aliphatic hydroxyl groups is 1. The van der Waals surface area contributed by atoms with E-state index in [1.54, 1.807) is 4.90 Å². The lowest BCUT2D eigenvalue weighted by molar-refractivity contribution is -0.128. The number of halogens is 2. The number of amides is 1. The molecule has 1 spiro atoms. The third-order valence-corrected chi connectivity index (χ3v) is 8.80. The molecular weight excluding hydrogens is 472 g/mol. The number of anilines is 1. The molecule has 3 heterocycles. The van der Waals surface area contributed by atoms with Gasteiger partial charge < -0.3 is 20.2 Å². The highest BCUT2D eigenvalue weighted by atomic mass is 19.1. The van der Waals surface area contributed by atoms with Crippen molar-refractivity contribution in [1.29, 1.82) is 0 Å². The topological polar surface area (TPSA) is 55.8 Å². The Morgan fingerprint density at radius 2 is 1.89 bits per heavy atom. The number of aliphatic hydroxyl groups excluding tert-OH is 1. The van der Waals surface area contributed by atoms with Gasteiger partial charge in [-0.3, -0.25) is 4.79 Å². The van der Waals surface area contributed by atoms with Gasteiger partial charge in [-0.2, -0.15) is 0 Å². The molecule has 5 rings (SSSR count). The molecule has 2 N–H and O–H groups in total. The van der Waals surface area contributed by atoms with Gasteiger partial charge in [-0.05, 0) is 85.5 Å². The Kier molecular flexibility index (Phi) is 7.37. The first-order valence-electron chi connectivity index (χ1n) is 13.4. The average molecular weight is 510 g/mol. The number of carbonyl (C=O) groups excluding carboxylic acids is 1. The first-order valence-corrected chi connectivity index (χ1v) is 13.4. The summed E-state index contributed by atoms with van der Waals surface area (Å²) < 4.78 is 26.7. The summed E-state index contributed by atoms with van der Waals surface area (Å²) in [6.07, 6.45) is 4.98. The standard InChI is InChI=1S/C30H37F2N3O2/c1-20-3-5-26-27(13-20)33-19-30(26)9-12-34(17-21(30)2)18-28(36)23-7-10-35(11-8-23)29(37)6-4-22-14-24(31)16-25(32)15-22/h3-6,13-16,21,23,28,33,36H,7-12,17-19H2,1-2H3/t21-,28+,30+/m0/s1. The fraction of sp³-hybridized carbons (Fsp3) is 0.500. The lowest BCUT2D eigenvalue weighted by atomic mass is 9.67. The Hall–Kier alpha value is -2.77. The zero-order valence-corrected chi connectivity index (χ0v) is 21.7. The van der Waals surface area contributed by atoms with Gasteiger partial charge in [0.2, 0.25) is 5.91 Å². The van der Waals surface area contributed by atoms with Crippen LogP contribution in [0, 0.1) is 30.4 Å². The van der Waals surface area contributed by atoms with E-state index in [1.165, 1.54) is 41.1 Å². The van der Waals surface area contributed by atoms with E-state index in [4.69, 9.17) is 0 Å². The summed E-state index contributed by atoms with van der Waals surface area (Å²) in [5.74, 6) is -0.857. The van der Waals surface area contributed by atoms with Crippen LogP contribution in [0.15, 0.2) is 42.5 Å². The van der Waals surface area contributed by atoms with Gasteiger partial charge in [0.15, 0.2) is 0 Å². The zero-order valence-electron chi connectivity index (χ0n) is 21.7. The predicted octanol–water partition coefficient (Wildman–Crippen LogP) is 4.59. The number of likely N-dealkylation sites (tertiary alicyclic amines) is 2. The molecule has 2 aromatic carbocycles. The number of β-amino-alcohol motifs (C(OH)–C–C–N with tert-alkyl or cyclic N) is 1. The largest absolute Gasteiger partial charge is 0.392 e. The first kappa shape index (κ1) is 25.9. The van der Waals surface area contributed by atoms with E-state index in [-0.39, 0.29) is 17.2 Å². The number of hydrogen-bond donors (Lipinski definition) is 2. The molecule has 0 saturated carbocycles. The lowest BCUT2D eigenvalue weighted by Crippen LogP contribution is -2.52. The van der Waals surface area contributed by atoms with Gasteiger partial charge in [-0.25, -0.2) is 8.78 Å². The highest BCUT2D eigenvalue weighted by molar-refractivity contribution is 5.91. The molecule has 0 radical (unpaired) electrons. The molecule has 0 bridgehead atoms. The average Bonchev–Trinajstić information content (AvgIpc) is 3.23. The van der Waals surface area contributed by atoms with Crippen LogP contribution in [0.25, 0.3) is 6.08 Å². The highest BCUT2D eigenvalue weighted by Crippen LogP contribution is 2.47. The molecule has 1 amide bonds. The minimum absolute atomic E-state index is 0.161. The van der Waals surface area contributed by atoms with E-state index < -0.39 is 17.7 Å². The minimum atomic E-state index is -0.667. The fourth-order valence-electron chi connectivity index (χ4n) is 6.54. The maximum absolute atomic E-state index is 13.4. The van der Waals surface area contributed by atoms with Crippen LogP contribution >= 0.6 is 0 Å². The van der Waals surface area contributed by atoms with Crippen molar-refractivity contribution in [3.8, 4) is 0 Å². The Bertz CT molecular complexity index is 1160. The van der Waals surface area contributed by atoms with Crippen LogP contribution in [0.1, 0.15) is 42.9 Å². The maximum atomic E-state index is 13.4. The molecule has 198 valence electrons. The monoisotopic (exact) mass is 509 g/mol. The van der Waals surface area contributed by atoms with Crippen LogP contribution in [-0.4, -0.2) is 66.2 Å². The molecule has 2 aromatic rings. The van der Waals surface area contributed by atoms with Crippen LogP contribution in [0.3, 0.4) is 0 Å². The van der Waals surface area contributed by atoms with Gasteiger partial charge in [0, 0.05) is 56.0 Å². The van der Waals surface area contributed by atoms with E-state index in [0.29, 0.717) is 31.1 Å². The molecule has 0 unspecified atom stereocenters. The van der Waals surface area contributed by atoms with Crippen LogP contribution < -0.4 is 5.32 Å². The van der Waals surface area contributed by atoms with Crippen molar-refractivity contribution in [3.05, 3.63) is 70.8 Å². The molecule has 5 nitrogen and oxygen atoms in total. The van der Waals surface area contributed by atoms with E-state index >= 15 is 0 Å². The third-order valence-electron chi connectivity index (χ3n) is 8.80. The van der Waals surface area contributed by atoms with Crippen molar-refractivity contribution in [1.82, 2.24) is 9.80 Å². The number of piperidine rings is 2. The van der Waals surface area contributed by atoms with Crippen LogP contribution in [0.2, 0.25) is 0 Å². The van der Waals surface area contributed by atoms with Crippen molar-refractivity contribution < 1.29 is 18.7 Å². The summed E-state index contributed by atoms with van der Waals surface area (Å²) in [5.41, 5.74) is 4.49. The zero-order chi connectivity index (χ0) is 26.2. The Balaban J connectivity index is 1.11. The van der Waals surface area contributed by atoms with E-state index in [9.17, 15) is 18.7 Å². The van der Waals surface area contributed by atoms with Crippen LogP contribution in [-0.2, 0) is 10.2 Å². The molecule has 3 aliphatic heterocycles. The summed E-state index contributed by atoms with van der Waals surface area (Å²) in [5, 5.41) is 14.7. The summed E-state index contributed by atoms with van der Waals surface area (Å²) >= 11 is 0. The summed E-state index contributed by atoms with van der Waals surface area (Å²) in [7, 11) is 0. The van der Waals surface area contributed by atoms with Gasteiger partial charge in [-0.15, -0.1) is 0 Å². The second-order valence-electron chi connectivity index (χ2n) is 11.2. The normalized spacial score (nSPS) is 25.4. The SMILES string of the molecule is Cc1ccc2c(c1)NC[C@@]21CCN(C[C@@H](O)C2CCN(C(=O)C=Cc3cc(F)cc(F)c3)CC2)C[C@@H]1C. The Morgan fingerprint density at radius 3 is 2.59 bits per heavy atom. The number of aryl methyl sites for hydroxylation is 1. The number of hydrogen-bond acceptors (Lipinski definition) is 4. The van der Waals surface area contributed by atoms with Gasteiger partial charge in [0.05, 0.1) is 6.10 Å². The molecule has 3 aliphatic rings. The van der Waals surface area contributed by atoms with Gasteiger partial charge in [0.1, 0.15) is 11.6 Å². The summed E-state index contributed by atoms with van der Waals surface area (Å²) in [6.45, 7) is 9.20. The third kappa shape index (κ3) is 5.43. The van der Waals surface area contributed by atoms with Crippen molar-refractivity contribution >= 4 is 17.7 Å². The molecule has 2 fully saturated rings. The number of nitrogens with one attached hydrogen (secondary N) is 1. The van der Waals surface area contributed by atoms with Gasteiger partial charge in [0.25, 0.3) is 0 Å². The molecule has 0 aromatic heterocycles. The Labute approximate surface area is 218 Å². The minimum Gasteiger partial charge on any atom is -0.392 e. The van der Waals surface area contributed by atoms with Crippen molar-refractivity contribution in [3.63, 3.8) is 0 Å². The van der Waals surface area contributed by atoms with Crippen molar-refractivity contribution in [2.45, 2.75) is 44.6 Å². The molecule has 0 aliphatic carbocycles. The quantitative estimate of drug-likeness (QED) is 0.579. The summed E-state index contributed by atoms with van der Waals surface area (Å²) in [6, 6.07) is 9.96. The predicted molar refractivity (Wildman–Crippen MR) is 142 cm³/mol. The van der Waals surface area contributed by atoms with E-state index in [2.05, 4.69) is 42.3 Å². The number of rotatable bonds is 5. The smallest absolute Gasteiger partial charge is 0.246 e. The molecule has 37 heavy (non-hydrogen) atoms. The molecule has 3 atom stereocenters. The highest BCUT2D eigenvalue weighted by Gasteiger charge is 2.46. The fourth-order valence-corrected chi connectivity index (χ4v) is 6.54. The first-order chi connectivity index (χ1) is 17.7. The second kappa shape index (κ2) is 10.5. The van der Waals surface area contributed by atoms with Crippen molar-refractivity contribution in [2.75, 3.05) is 44.6 Å². The van der Waals surface area contributed by atoms with Crippen LogP contribution in [0.5, 0.6) is 0 Å². The van der Waals surface area contributed by atoms with Gasteiger partial charge in [-0.1, -0.05) is 19.1 Å². The number of nitrogens with zero attached hydrogens (tertiary/aromatic N) is 2. The summed E-state index contributed by atoms with van der Waals surface area (Å²) in [4.78, 5) is 16.7. The van der Waals surface area contributed by atoms with Gasteiger partial charge >= 0.3 is 0 Å². The number of fused-ring (bicyclic) bond motifs is 2. The maximum Gasteiger partial charge on any atom is 0.246 e. The Morgan fingerprint density at radius 1 is 1.16 bits per heavy atom. The number of carbonyl (C=O) groups is 1. The number of benzene rings is 2.